The lowest BCUT2D eigenvalue weighted by molar-refractivity contribution is 0.746. The summed E-state index contributed by atoms with van der Waals surface area (Å²) in [5, 5.41) is 7.33. The molecule has 0 radical (unpaired) electrons. The second-order valence-electron chi connectivity index (χ2n) is 4.30. The van der Waals surface area contributed by atoms with E-state index in [0.29, 0.717) is 11.9 Å². The predicted octanol–water partition coefficient (Wildman–Crippen LogP) is 1.58. The lowest BCUT2D eigenvalue weighted by Crippen LogP contribution is -2.19. The molecule has 2 aromatic heterocycles. The third kappa shape index (κ3) is 4.09. The molecule has 0 aromatic carbocycles. The summed E-state index contributed by atoms with van der Waals surface area (Å²) < 4.78 is 1.56. The zero-order valence-electron chi connectivity index (χ0n) is 11.7. The Morgan fingerprint density at radius 2 is 2.25 bits per heavy atom. The molecule has 0 aliphatic carbocycles. The van der Waals surface area contributed by atoms with E-state index in [0.717, 1.165) is 17.9 Å². The molecule has 1 atom stereocenters. The molecule has 2 rings (SSSR count). The van der Waals surface area contributed by atoms with Gasteiger partial charge in [0.2, 0.25) is 11.9 Å². The molecule has 3 N–H and O–H groups in total. The van der Waals surface area contributed by atoms with Crippen LogP contribution in [0.4, 0.5) is 11.9 Å². The SMILES string of the molecule is CCSCCC(C)Nc1nc(N)nc(-n2cccn2)n1. The third-order valence-corrected chi connectivity index (χ3v) is 3.56. The van der Waals surface area contributed by atoms with Gasteiger partial charge in [-0.15, -0.1) is 0 Å². The molecule has 20 heavy (non-hydrogen) atoms. The summed E-state index contributed by atoms with van der Waals surface area (Å²) in [4.78, 5) is 12.5. The van der Waals surface area contributed by atoms with Crippen LogP contribution in [0.3, 0.4) is 0 Å². The van der Waals surface area contributed by atoms with E-state index < -0.39 is 0 Å². The Morgan fingerprint density at radius 1 is 1.40 bits per heavy atom. The molecule has 2 aromatic rings. The first-order valence-corrected chi connectivity index (χ1v) is 7.70. The molecule has 0 amide bonds. The van der Waals surface area contributed by atoms with Crippen molar-refractivity contribution in [3.63, 3.8) is 0 Å². The molecule has 0 fully saturated rings. The highest BCUT2D eigenvalue weighted by molar-refractivity contribution is 7.99. The van der Waals surface area contributed by atoms with E-state index in [1.807, 2.05) is 11.8 Å². The maximum absolute atomic E-state index is 5.72. The number of nitrogens with one attached hydrogen (secondary N) is 1. The monoisotopic (exact) mass is 293 g/mol. The van der Waals surface area contributed by atoms with Crippen molar-refractivity contribution in [2.75, 3.05) is 22.6 Å². The Kier molecular flexibility index (Phi) is 5.16. The topological polar surface area (TPSA) is 94.5 Å². The number of rotatable bonds is 7. The van der Waals surface area contributed by atoms with E-state index in [1.165, 1.54) is 0 Å². The fourth-order valence-corrected chi connectivity index (χ4v) is 2.44. The van der Waals surface area contributed by atoms with E-state index in [-0.39, 0.29) is 12.0 Å². The molecule has 108 valence electrons. The Morgan fingerprint density at radius 3 is 2.95 bits per heavy atom. The quantitative estimate of drug-likeness (QED) is 0.748. The average molecular weight is 293 g/mol. The molecule has 0 bridgehead atoms. The van der Waals surface area contributed by atoms with Crippen LogP contribution in [0.25, 0.3) is 5.95 Å². The van der Waals surface area contributed by atoms with E-state index in [1.54, 1.807) is 23.1 Å². The molecular weight excluding hydrogens is 274 g/mol. The van der Waals surface area contributed by atoms with Crippen molar-refractivity contribution < 1.29 is 0 Å². The van der Waals surface area contributed by atoms with Gasteiger partial charge < -0.3 is 11.1 Å². The molecule has 8 heteroatoms. The van der Waals surface area contributed by atoms with Crippen molar-refractivity contribution >= 4 is 23.7 Å². The Labute approximate surface area is 122 Å². The maximum atomic E-state index is 5.72. The molecule has 0 aliphatic rings. The fraction of sp³-hybridized carbons (Fsp3) is 0.500. The Balaban J connectivity index is 2.05. The van der Waals surface area contributed by atoms with Crippen LogP contribution in [0.1, 0.15) is 20.3 Å². The largest absolute Gasteiger partial charge is 0.368 e. The van der Waals surface area contributed by atoms with Gasteiger partial charge in [-0.1, -0.05) is 6.92 Å². The van der Waals surface area contributed by atoms with E-state index in [9.17, 15) is 0 Å². The van der Waals surface area contributed by atoms with Gasteiger partial charge in [0.15, 0.2) is 0 Å². The van der Waals surface area contributed by atoms with Crippen LogP contribution in [-0.4, -0.2) is 42.3 Å². The summed E-state index contributed by atoms with van der Waals surface area (Å²) in [6, 6.07) is 2.08. The highest BCUT2D eigenvalue weighted by Crippen LogP contribution is 2.10. The highest BCUT2D eigenvalue weighted by Gasteiger charge is 2.09. The van der Waals surface area contributed by atoms with Crippen molar-refractivity contribution in [2.45, 2.75) is 26.3 Å². The summed E-state index contributed by atoms with van der Waals surface area (Å²) in [7, 11) is 0. The lowest BCUT2D eigenvalue weighted by Gasteiger charge is -2.13. The van der Waals surface area contributed by atoms with Gasteiger partial charge in [0.1, 0.15) is 0 Å². The van der Waals surface area contributed by atoms with Crippen molar-refractivity contribution in [2.24, 2.45) is 0 Å². The van der Waals surface area contributed by atoms with Gasteiger partial charge in [0, 0.05) is 18.4 Å². The minimum atomic E-state index is 0.183. The van der Waals surface area contributed by atoms with Crippen molar-refractivity contribution in [1.29, 1.82) is 0 Å². The molecule has 7 nitrogen and oxygen atoms in total. The van der Waals surface area contributed by atoms with Crippen molar-refractivity contribution in [1.82, 2.24) is 24.7 Å². The average Bonchev–Trinajstić information content (AvgIpc) is 2.92. The van der Waals surface area contributed by atoms with Crippen LogP contribution < -0.4 is 11.1 Å². The zero-order valence-corrected chi connectivity index (χ0v) is 12.5. The fourth-order valence-electron chi connectivity index (χ4n) is 1.63. The molecule has 2 heterocycles. The second kappa shape index (κ2) is 7.09. The maximum Gasteiger partial charge on any atom is 0.257 e. The Bertz CT molecular complexity index is 529. The number of aromatic nitrogens is 5. The highest BCUT2D eigenvalue weighted by atomic mass is 32.2. The number of anilines is 2. The van der Waals surface area contributed by atoms with Gasteiger partial charge >= 0.3 is 0 Å². The smallest absolute Gasteiger partial charge is 0.257 e. The van der Waals surface area contributed by atoms with Gasteiger partial charge in [-0.2, -0.15) is 31.8 Å². The van der Waals surface area contributed by atoms with Crippen LogP contribution in [0.2, 0.25) is 0 Å². The molecule has 0 aliphatic heterocycles. The third-order valence-electron chi connectivity index (χ3n) is 2.63. The van der Waals surface area contributed by atoms with Crippen LogP contribution in [0.15, 0.2) is 18.5 Å². The second-order valence-corrected chi connectivity index (χ2v) is 5.69. The first-order chi connectivity index (χ1) is 9.69. The zero-order chi connectivity index (χ0) is 14.4. The predicted molar refractivity (Wildman–Crippen MR) is 82.1 cm³/mol. The number of thioether (sulfide) groups is 1. The van der Waals surface area contributed by atoms with E-state index in [4.69, 9.17) is 5.73 Å². The summed E-state index contributed by atoms with van der Waals surface area (Å²) in [5.41, 5.74) is 5.72. The number of nitrogens with two attached hydrogens (primary N) is 1. The summed E-state index contributed by atoms with van der Waals surface area (Å²) in [6.45, 7) is 4.26. The van der Waals surface area contributed by atoms with Crippen LogP contribution >= 0.6 is 11.8 Å². The number of nitrogens with zero attached hydrogens (tertiary/aromatic N) is 5. The lowest BCUT2D eigenvalue weighted by atomic mass is 10.3. The van der Waals surface area contributed by atoms with Crippen LogP contribution in [0, 0.1) is 0 Å². The Hall–Kier alpha value is -1.83. The van der Waals surface area contributed by atoms with Crippen molar-refractivity contribution in [3.05, 3.63) is 18.5 Å². The molecule has 0 saturated carbocycles. The summed E-state index contributed by atoms with van der Waals surface area (Å²) in [5.74, 6) is 3.33. The standard InChI is InChI=1S/C12H19N7S/c1-3-20-8-5-9(2)15-11-16-10(13)17-12(18-11)19-7-4-6-14-19/h4,6-7,9H,3,5,8H2,1-2H3,(H3,13,15,16,17,18). The molecule has 0 saturated heterocycles. The number of hydrogen-bond acceptors (Lipinski definition) is 7. The van der Waals surface area contributed by atoms with Gasteiger partial charge in [-0.25, -0.2) is 4.68 Å². The number of nitrogen functional groups attached to an aromatic ring is 1. The molecule has 0 spiro atoms. The first kappa shape index (κ1) is 14.6. The summed E-state index contributed by atoms with van der Waals surface area (Å²) >= 11 is 1.92. The van der Waals surface area contributed by atoms with E-state index in [2.05, 4.69) is 39.2 Å². The molecule has 1 unspecified atom stereocenters. The first-order valence-electron chi connectivity index (χ1n) is 6.55. The van der Waals surface area contributed by atoms with Gasteiger partial charge in [0.05, 0.1) is 0 Å². The van der Waals surface area contributed by atoms with Crippen LogP contribution in [-0.2, 0) is 0 Å². The normalized spacial score (nSPS) is 12.3. The van der Waals surface area contributed by atoms with E-state index >= 15 is 0 Å². The summed E-state index contributed by atoms with van der Waals surface area (Å²) in [6.07, 6.45) is 4.47. The minimum absolute atomic E-state index is 0.183. The minimum Gasteiger partial charge on any atom is -0.368 e. The number of hydrogen-bond donors (Lipinski definition) is 2. The molecular formula is C12H19N7S. The van der Waals surface area contributed by atoms with Crippen LogP contribution in [0.5, 0.6) is 0 Å². The van der Waals surface area contributed by atoms with Crippen molar-refractivity contribution in [3.8, 4) is 5.95 Å². The van der Waals surface area contributed by atoms with Gasteiger partial charge in [-0.05, 0) is 30.9 Å². The van der Waals surface area contributed by atoms with Gasteiger partial charge in [-0.3, -0.25) is 0 Å². The van der Waals surface area contributed by atoms with Gasteiger partial charge in [0.25, 0.3) is 5.95 Å².